The lowest BCUT2D eigenvalue weighted by molar-refractivity contribution is -0.130. The molecule has 1 fully saturated rings. The van der Waals surface area contributed by atoms with Crippen molar-refractivity contribution in [3.05, 3.63) is 22.8 Å². The molecule has 0 aromatic carbocycles. The zero-order valence-corrected chi connectivity index (χ0v) is 12.9. The number of halogens is 1. The lowest BCUT2D eigenvalue weighted by Crippen LogP contribution is -2.41. The average molecular weight is 310 g/mol. The quantitative estimate of drug-likeness (QED) is 0.850. The Morgan fingerprint density at radius 2 is 2.19 bits per heavy atom. The fraction of sp³-hybridized carbons (Fsp3) is 0.533. The van der Waals surface area contributed by atoms with Gasteiger partial charge in [0.2, 0.25) is 5.91 Å². The minimum Gasteiger partial charge on any atom is -0.360 e. The van der Waals surface area contributed by atoms with Crippen LogP contribution in [0, 0.1) is 0 Å². The van der Waals surface area contributed by atoms with Crippen molar-refractivity contribution in [2.24, 2.45) is 0 Å². The van der Waals surface area contributed by atoms with Crippen molar-refractivity contribution in [2.75, 3.05) is 18.9 Å². The number of amides is 1. The van der Waals surface area contributed by atoms with E-state index in [4.69, 9.17) is 11.6 Å². The molecule has 0 radical (unpaired) electrons. The van der Waals surface area contributed by atoms with Gasteiger partial charge in [-0.2, -0.15) is 0 Å². The fourth-order valence-corrected chi connectivity index (χ4v) is 2.84. The monoisotopic (exact) mass is 309 g/mol. The third-order valence-corrected chi connectivity index (χ3v) is 4.21. The maximum absolute atomic E-state index is 12.2. The Balaban J connectivity index is 1.89. The lowest BCUT2D eigenvalue weighted by atomic mass is 9.94. The van der Waals surface area contributed by atoms with Crippen LogP contribution in [-0.2, 0) is 4.79 Å². The number of pyridine rings is 1. The van der Waals surface area contributed by atoms with Crippen LogP contribution in [0.15, 0.2) is 12.3 Å². The molecule has 1 aromatic heterocycles. The van der Waals surface area contributed by atoms with Crippen LogP contribution < -0.4 is 5.32 Å². The van der Waals surface area contributed by atoms with E-state index in [-0.39, 0.29) is 12.5 Å². The highest BCUT2D eigenvalue weighted by Gasteiger charge is 2.21. The van der Waals surface area contributed by atoms with Crippen LogP contribution >= 0.6 is 11.6 Å². The molecule has 5 nitrogen and oxygen atoms in total. The van der Waals surface area contributed by atoms with Crippen molar-refractivity contribution in [3.63, 3.8) is 0 Å². The molecule has 1 aliphatic carbocycles. The maximum atomic E-state index is 12.2. The normalized spacial score (nSPS) is 15.5. The number of hydrogen-bond acceptors (Lipinski definition) is 4. The van der Waals surface area contributed by atoms with E-state index in [9.17, 15) is 9.59 Å². The Bertz CT molecular complexity index is 516. The van der Waals surface area contributed by atoms with E-state index in [0.29, 0.717) is 28.7 Å². The molecular formula is C15H20ClN3O2. The molecule has 21 heavy (non-hydrogen) atoms. The number of hydrogen-bond donors (Lipinski definition) is 1. The van der Waals surface area contributed by atoms with Gasteiger partial charge in [0.15, 0.2) is 6.29 Å². The van der Waals surface area contributed by atoms with E-state index in [0.717, 1.165) is 12.8 Å². The molecule has 1 N–H and O–H groups in total. The first kappa shape index (κ1) is 15.8. The predicted octanol–water partition coefficient (Wildman–Crippen LogP) is 2.75. The molecule has 1 aliphatic rings. The van der Waals surface area contributed by atoms with Gasteiger partial charge < -0.3 is 10.2 Å². The second-order valence-corrected chi connectivity index (χ2v) is 5.77. The molecule has 1 saturated carbocycles. The number of nitrogens with zero attached hydrogens (tertiary/aromatic N) is 2. The van der Waals surface area contributed by atoms with Crippen LogP contribution in [0.5, 0.6) is 0 Å². The molecule has 114 valence electrons. The average Bonchev–Trinajstić information content (AvgIpc) is 2.53. The number of aromatic nitrogens is 1. The summed E-state index contributed by atoms with van der Waals surface area (Å²) in [5.74, 6) is 0.451. The molecule has 0 spiro atoms. The highest BCUT2D eigenvalue weighted by Crippen LogP contribution is 2.22. The van der Waals surface area contributed by atoms with Gasteiger partial charge in [0.1, 0.15) is 5.82 Å². The van der Waals surface area contributed by atoms with Crippen molar-refractivity contribution in [3.8, 4) is 0 Å². The summed E-state index contributed by atoms with van der Waals surface area (Å²) in [7, 11) is 1.85. The van der Waals surface area contributed by atoms with E-state index >= 15 is 0 Å². The number of carbonyl (C=O) groups is 2. The Hall–Kier alpha value is -1.62. The largest absolute Gasteiger partial charge is 0.360 e. The molecule has 6 heteroatoms. The first-order chi connectivity index (χ1) is 10.1. The molecule has 0 bridgehead atoms. The number of carbonyl (C=O) groups excluding carboxylic acids is 2. The van der Waals surface area contributed by atoms with E-state index in [1.54, 1.807) is 0 Å². The minimum atomic E-state index is 0.0271. The summed E-state index contributed by atoms with van der Waals surface area (Å²) < 4.78 is 0. The van der Waals surface area contributed by atoms with Gasteiger partial charge in [-0.05, 0) is 18.9 Å². The van der Waals surface area contributed by atoms with Gasteiger partial charge in [0, 0.05) is 24.8 Å². The van der Waals surface area contributed by atoms with E-state index in [1.807, 2.05) is 11.9 Å². The van der Waals surface area contributed by atoms with E-state index in [2.05, 4.69) is 10.3 Å². The van der Waals surface area contributed by atoms with Gasteiger partial charge in [-0.15, -0.1) is 0 Å². The summed E-state index contributed by atoms with van der Waals surface area (Å²) in [5.41, 5.74) is 0.413. The van der Waals surface area contributed by atoms with Crippen molar-refractivity contribution >= 4 is 29.6 Å². The van der Waals surface area contributed by atoms with Crippen molar-refractivity contribution in [1.29, 1.82) is 0 Å². The van der Waals surface area contributed by atoms with Crippen LogP contribution in [0.2, 0.25) is 5.02 Å². The summed E-state index contributed by atoms with van der Waals surface area (Å²) in [6.07, 6.45) is 7.91. The van der Waals surface area contributed by atoms with E-state index < -0.39 is 0 Å². The van der Waals surface area contributed by atoms with Crippen molar-refractivity contribution in [2.45, 2.75) is 38.1 Å². The smallest absolute Gasteiger partial charge is 0.241 e. The van der Waals surface area contributed by atoms with Gasteiger partial charge in [-0.3, -0.25) is 9.59 Å². The third kappa shape index (κ3) is 4.17. The Kier molecular flexibility index (Phi) is 5.56. The van der Waals surface area contributed by atoms with Crippen molar-refractivity contribution in [1.82, 2.24) is 9.88 Å². The summed E-state index contributed by atoms with van der Waals surface area (Å²) in [4.78, 5) is 28.7. The van der Waals surface area contributed by atoms with Gasteiger partial charge in [0.05, 0.1) is 11.6 Å². The molecule has 0 unspecified atom stereocenters. The number of anilines is 1. The molecule has 1 amide bonds. The molecule has 1 heterocycles. The van der Waals surface area contributed by atoms with Gasteiger partial charge in [-0.25, -0.2) is 4.98 Å². The number of nitrogens with one attached hydrogen (secondary N) is 1. The number of rotatable bonds is 5. The van der Waals surface area contributed by atoms with Crippen molar-refractivity contribution < 1.29 is 9.59 Å². The molecular weight excluding hydrogens is 290 g/mol. The van der Waals surface area contributed by atoms with E-state index in [1.165, 1.54) is 31.5 Å². The van der Waals surface area contributed by atoms with Crippen LogP contribution in [-0.4, -0.2) is 41.7 Å². The predicted molar refractivity (Wildman–Crippen MR) is 82.8 cm³/mol. The zero-order valence-electron chi connectivity index (χ0n) is 12.1. The summed E-state index contributed by atoms with van der Waals surface area (Å²) in [5, 5.41) is 3.27. The highest BCUT2D eigenvalue weighted by molar-refractivity contribution is 6.33. The molecule has 0 saturated heterocycles. The summed E-state index contributed by atoms with van der Waals surface area (Å²) in [6, 6.07) is 1.87. The standard InChI is InChI=1S/C15H20ClN3O2/c1-19(12-5-3-2-4-6-12)14(21)9-18-15-13(16)7-11(10-20)8-17-15/h7-8,10,12H,2-6,9H2,1H3,(H,17,18). The SMILES string of the molecule is CN(C(=O)CNc1ncc(C=O)cc1Cl)C1CCCCC1. The first-order valence-corrected chi connectivity index (χ1v) is 7.60. The van der Waals surface area contributed by atoms with Crippen LogP contribution in [0.25, 0.3) is 0 Å². The molecule has 0 aliphatic heterocycles. The second-order valence-electron chi connectivity index (χ2n) is 5.37. The Labute approximate surface area is 129 Å². The Morgan fingerprint density at radius 3 is 2.81 bits per heavy atom. The molecule has 2 rings (SSSR count). The van der Waals surface area contributed by atoms with Crippen LogP contribution in [0.4, 0.5) is 5.82 Å². The van der Waals surface area contributed by atoms with Gasteiger partial charge >= 0.3 is 0 Å². The Morgan fingerprint density at radius 1 is 1.48 bits per heavy atom. The highest BCUT2D eigenvalue weighted by atomic mass is 35.5. The minimum absolute atomic E-state index is 0.0271. The number of likely N-dealkylation sites (N-methyl/N-ethyl adjacent to an activating group) is 1. The third-order valence-electron chi connectivity index (χ3n) is 3.92. The number of aldehydes is 1. The fourth-order valence-electron chi connectivity index (χ4n) is 2.60. The van der Waals surface area contributed by atoms with Crippen LogP contribution in [0.3, 0.4) is 0 Å². The first-order valence-electron chi connectivity index (χ1n) is 7.22. The second kappa shape index (κ2) is 7.41. The van der Waals surface area contributed by atoms with Gasteiger partial charge in [-0.1, -0.05) is 30.9 Å². The lowest BCUT2D eigenvalue weighted by Gasteiger charge is -2.31. The molecule has 1 aromatic rings. The zero-order chi connectivity index (χ0) is 15.2. The van der Waals surface area contributed by atoms with Gasteiger partial charge in [0.25, 0.3) is 0 Å². The maximum Gasteiger partial charge on any atom is 0.241 e. The topological polar surface area (TPSA) is 62.3 Å². The molecule has 0 atom stereocenters. The summed E-state index contributed by atoms with van der Waals surface area (Å²) in [6.45, 7) is 0.153. The van der Waals surface area contributed by atoms with Crippen LogP contribution in [0.1, 0.15) is 42.5 Å². The summed E-state index contributed by atoms with van der Waals surface area (Å²) >= 11 is 6.01.